The van der Waals surface area contributed by atoms with Gasteiger partial charge in [0.15, 0.2) is 0 Å². The molecule has 0 fully saturated rings. The predicted octanol–water partition coefficient (Wildman–Crippen LogP) is 0.0948. The van der Waals surface area contributed by atoms with Crippen LogP contribution in [0.5, 0.6) is 0 Å². The summed E-state index contributed by atoms with van der Waals surface area (Å²) in [6, 6.07) is -0.843. The quantitative estimate of drug-likeness (QED) is 0.486. The lowest BCUT2D eigenvalue weighted by molar-refractivity contribution is -0.141. The number of amides is 1. The maximum atomic E-state index is 10.6. The zero-order valence-electron chi connectivity index (χ0n) is 8.45. The number of rotatable bonds is 8. The van der Waals surface area contributed by atoms with Crippen molar-refractivity contribution < 1.29 is 14.7 Å². The minimum atomic E-state index is -1.03. The van der Waals surface area contributed by atoms with Crippen molar-refractivity contribution in [1.29, 1.82) is 0 Å². The molecule has 0 bridgehead atoms. The van der Waals surface area contributed by atoms with Gasteiger partial charge in [0.2, 0.25) is 5.91 Å². The van der Waals surface area contributed by atoms with Gasteiger partial charge in [0.25, 0.3) is 0 Å². The zero-order valence-corrected chi connectivity index (χ0v) is 8.45. The summed E-state index contributed by atoms with van der Waals surface area (Å²) in [5.74, 6) is -1.62. The number of nitrogens with two attached hydrogens (primary N) is 1. The molecule has 0 aliphatic carbocycles. The molecule has 1 atom stereocenters. The number of aliphatic carboxylic acids is 1. The standard InChI is InChI=1S/C9H18N2O3/c1-2-3-4-5-11-7(9(13)14)6-8(10)12/h7,11H,2-6H2,1H3,(H2,10,12)(H,13,14)/t7-/m1/s1. The van der Waals surface area contributed by atoms with Crippen LogP contribution >= 0.6 is 0 Å². The van der Waals surface area contributed by atoms with Crippen molar-refractivity contribution in [3.8, 4) is 0 Å². The van der Waals surface area contributed by atoms with Gasteiger partial charge in [0, 0.05) is 0 Å². The van der Waals surface area contributed by atoms with Gasteiger partial charge in [-0.1, -0.05) is 19.8 Å². The van der Waals surface area contributed by atoms with Gasteiger partial charge in [-0.05, 0) is 13.0 Å². The number of hydrogen-bond acceptors (Lipinski definition) is 3. The van der Waals surface area contributed by atoms with Crippen LogP contribution in [0, 0.1) is 0 Å². The van der Waals surface area contributed by atoms with E-state index in [0.717, 1.165) is 19.3 Å². The van der Waals surface area contributed by atoms with Crippen molar-refractivity contribution in [1.82, 2.24) is 5.32 Å². The summed E-state index contributed by atoms with van der Waals surface area (Å²) >= 11 is 0. The average molecular weight is 202 g/mol. The van der Waals surface area contributed by atoms with Crippen LogP contribution in [-0.2, 0) is 9.59 Å². The molecule has 0 aliphatic rings. The van der Waals surface area contributed by atoms with Crippen LogP contribution in [0.25, 0.3) is 0 Å². The maximum absolute atomic E-state index is 10.6. The van der Waals surface area contributed by atoms with Crippen molar-refractivity contribution in [2.45, 2.75) is 38.6 Å². The number of carbonyl (C=O) groups is 2. The number of primary amides is 1. The van der Waals surface area contributed by atoms with Gasteiger partial charge in [-0.3, -0.25) is 9.59 Å². The Kier molecular flexibility index (Phi) is 6.74. The van der Waals surface area contributed by atoms with E-state index in [1.165, 1.54) is 0 Å². The molecule has 0 unspecified atom stereocenters. The fourth-order valence-electron chi connectivity index (χ4n) is 1.10. The highest BCUT2D eigenvalue weighted by atomic mass is 16.4. The van der Waals surface area contributed by atoms with E-state index in [1.54, 1.807) is 0 Å². The van der Waals surface area contributed by atoms with E-state index in [-0.39, 0.29) is 6.42 Å². The molecule has 1 amide bonds. The second-order valence-corrected chi connectivity index (χ2v) is 3.22. The van der Waals surface area contributed by atoms with Crippen molar-refractivity contribution in [3.63, 3.8) is 0 Å². The summed E-state index contributed by atoms with van der Waals surface area (Å²) in [5.41, 5.74) is 4.92. The maximum Gasteiger partial charge on any atom is 0.321 e. The lowest BCUT2D eigenvalue weighted by Gasteiger charge is -2.11. The molecule has 0 radical (unpaired) electrons. The Bertz CT molecular complexity index is 194. The highest BCUT2D eigenvalue weighted by molar-refractivity contribution is 5.83. The van der Waals surface area contributed by atoms with E-state index in [4.69, 9.17) is 10.8 Å². The Morgan fingerprint density at radius 1 is 1.43 bits per heavy atom. The molecule has 0 aliphatic heterocycles. The van der Waals surface area contributed by atoms with E-state index in [2.05, 4.69) is 12.2 Å². The number of unbranched alkanes of at least 4 members (excludes halogenated alkanes) is 2. The second kappa shape index (κ2) is 7.32. The Labute approximate surface area is 83.7 Å². The fourth-order valence-corrected chi connectivity index (χ4v) is 1.10. The zero-order chi connectivity index (χ0) is 11.0. The summed E-state index contributed by atoms with van der Waals surface area (Å²) in [6.07, 6.45) is 2.89. The van der Waals surface area contributed by atoms with Gasteiger partial charge in [0.1, 0.15) is 6.04 Å². The third kappa shape index (κ3) is 6.42. The van der Waals surface area contributed by atoms with Crippen LogP contribution in [0.2, 0.25) is 0 Å². The normalized spacial score (nSPS) is 12.4. The Balaban J connectivity index is 3.74. The molecule has 0 saturated heterocycles. The smallest absolute Gasteiger partial charge is 0.321 e. The number of carboxylic acid groups (broad SMARTS) is 1. The molecule has 0 spiro atoms. The van der Waals surface area contributed by atoms with Crippen molar-refractivity contribution in [2.24, 2.45) is 5.73 Å². The minimum absolute atomic E-state index is 0.151. The molecule has 82 valence electrons. The molecule has 4 N–H and O–H groups in total. The topological polar surface area (TPSA) is 92.4 Å². The van der Waals surface area contributed by atoms with Crippen molar-refractivity contribution >= 4 is 11.9 Å². The number of carbonyl (C=O) groups excluding carboxylic acids is 1. The number of hydrogen-bond donors (Lipinski definition) is 3. The van der Waals surface area contributed by atoms with Crippen molar-refractivity contribution in [3.05, 3.63) is 0 Å². The number of nitrogens with one attached hydrogen (secondary N) is 1. The first-order chi connectivity index (χ1) is 6.57. The van der Waals surface area contributed by atoms with E-state index in [0.29, 0.717) is 6.54 Å². The van der Waals surface area contributed by atoms with E-state index in [1.807, 2.05) is 0 Å². The average Bonchev–Trinajstić information content (AvgIpc) is 2.09. The SMILES string of the molecule is CCCCCN[C@H](CC(N)=O)C(=O)O. The summed E-state index contributed by atoms with van der Waals surface area (Å²) in [6.45, 7) is 2.68. The van der Waals surface area contributed by atoms with E-state index < -0.39 is 17.9 Å². The highest BCUT2D eigenvalue weighted by Crippen LogP contribution is 1.95. The third-order valence-electron chi connectivity index (χ3n) is 1.87. The first-order valence-corrected chi connectivity index (χ1v) is 4.82. The largest absolute Gasteiger partial charge is 0.480 e. The molecular formula is C9H18N2O3. The first-order valence-electron chi connectivity index (χ1n) is 4.82. The summed E-state index contributed by atoms with van der Waals surface area (Å²) in [5, 5.41) is 11.5. The van der Waals surface area contributed by atoms with Gasteiger partial charge in [0.05, 0.1) is 6.42 Å². The molecule has 14 heavy (non-hydrogen) atoms. The van der Waals surface area contributed by atoms with Crippen LogP contribution < -0.4 is 11.1 Å². The molecule has 0 rings (SSSR count). The molecule has 0 heterocycles. The van der Waals surface area contributed by atoms with Gasteiger partial charge in [-0.25, -0.2) is 0 Å². The Morgan fingerprint density at radius 2 is 2.07 bits per heavy atom. The monoisotopic (exact) mass is 202 g/mol. The van der Waals surface area contributed by atoms with Gasteiger partial charge in [-0.15, -0.1) is 0 Å². The highest BCUT2D eigenvalue weighted by Gasteiger charge is 2.18. The molecule has 0 aromatic carbocycles. The van der Waals surface area contributed by atoms with Gasteiger partial charge < -0.3 is 16.2 Å². The summed E-state index contributed by atoms with van der Waals surface area (Å²) < 4.78 is 0. The second-order valence-electron chi connectivity index (χ2n) is 3.22. The predicted molar refractivity (Wildman–Crippen MR) is 52.8 cm³/mol. The fraction of sp³-hybridized carbons (Fsp3) is 0.778. The molecule has 5 heteroatoms. The molecular weight excluding hydrogens is 184 g/mol. The van der Waals surface area contributed by atoms with Crippen LogP contribution in [-0.4, -0.2) is 29.6 Å². The molecule has 0 aromatic rings. The molecule has 0 aromatic heterocycles. The van der Waals surface area contributed by atoms with Gasteiger partial charge >= 0.3 is 5.97 Å². The summed E-state index contributed by atoms with van der Waals surface area (Å²) in [4.78, 5) is 21.2. The van der Waals surface area contributed by atoms with Crippen LogP contribution in [0.4, 0.5) is 0 Å². The molecule has 5 nitrogen and oxygen atoms in total. The van der Waals surface area contributed by atoms with Crippen LogP contribution in [0.1, 0.15) is 32.6 Å². The van der Waals surface area contributed by atoms with Gasteiger partial charge in [-0.2, -0.15) is 0 Å². The lowest BCUT2D eigenvalue weighted by Crippen LogP contribution is -2.40. The Morgan fingerprint density at radius 3 is 2.50 bits per heavy atom. The first kappa shape index (κ1) is 12.9. The molecule has 0 saturated carbocycles. The van der Waals surface area contributed by atoms with E-state index in [9.17, 15) is 9.59 Å². The van der Waals surface area contributed by atoms with Crippen LogP contribution in [0.3, 0.4) is 0 Å². The lowest BCUT2D eigenvalue weighted by atomic mass is 10.2. The van der Waals surface area contributed by atoms with E-state index >= 15 is 0 Å². The Hall–Kier alpha value is -1.10. The number of carboxylic acids is 1. The third-order valence-corrected chi connectivity index (χ3v) is 1.87. The minimum Gasteiger partial charge on any atom is -0.480 e. The van der Waals surface area contributed by atoms with Crippen LogP contribution in [0.15, 0.2) is 0 Å². The van der Waals surface area contributed by atoms with Crippen molar-refractivity contribution in [2.75, 3.05) is 6.54 Å². The summed E-state index contributed by atoms with van der Waals surface area (Å²) in [7, 11) is 0.